The number of carbonyl (C=O) groups excluding carboxylic acids is 1. The average Bonchev–Trinajstić information content (AvgIpc) is 3.32. The SMILES string of the molecule is CCSc1nc(N2CCCCC2)c2cnn(CCNC(=O)Cc3c(C)noc3C)c2n1. The van der Waals surface area contributed by atoms with Crippen LogP contribution in [-0.4, -0.2) is 56.2 Å². The summed E-state index contributed by atoms with van der Waals surface area (Å²) in [6.45, 7) is 8.83. The van der Waals surface area contributed by atoms with Crippen LogP contribution in [0.15, 0.2) is 15.9 Å². The number of piperidine rings is 1. The highest BCUT2D eigenvalue weighted by Gasteiger charge is 2.20. The van der Waals surface area contributed by atoms with Gasteiger partial charge >= 0.3 is 0 Å². The predicted molar refractivity (Wildman–Crippen MR) is 120 cm³/mol. The lowest BCUT2D eigenvalue weighted by atomic mass is 10.1. The fourth-order valence-corrected chi connectivity index (χ4v) is 4.46. The third-order valence-electron chi connectivity index (χ3n) is 5.55. The molecule has 0 radical (unpaired) electrons. The van der Waals surface area contributed by atoms with Gasteiger partial charge in [0.05, 0.1) is 30.2 Å². The molecule has 1 fully saturated rings. The molecule has 1 aliphatic rings. The smallest absolute Gasteiger partial charge is 0.224 e. The number of nitrogens with zero attached hydrogens (tertiary/aromatic N) is 6. The van der Waals surface area contributed by atoms with Gasteiger partial charge in [-0.05, 0) is 38.9 Å². The molecule has 0 bridgehead atoms. The van der Waals surface area contributed by atoms with E-state index in [1.165, 1.54) is 19.3 Å². The van der Waals surface area contributed by atoms with E-state index in [-0.39, 0.29) is 12.3 Å². The minimum absolute atomic E-state index is 0.0586. The zero-order chi connectivity index (χ0) is 21.8. The van der Waals surface area contributed by atoms with Gasteiger partial charge in [0, 0.05) is 25.2 Å². The molecule has 1 saturated heterocycles. The number of anilines is 1. The van der Waals surface area contributed by atoms with Gasteiger partial charge in [-0.15, -0.1) is 0 Å². The largest absolute Gasteiger partial charge is 0.361 e. The van der Waals surface area contributed by atoms with E-state index in [0.717, 1.165) is 52.1 Å². The molecule has 0 atom stereocenters. The molecular weight excluding hydrogens is 414 g/mol. The summed E-state index contributed by atoms with van der Waals surface area (Å²) in [5.41, 5.74) is 2.43. The van der Waals surface area contributed by atoms with Gasteiger partial charge in [-0.3, -0.25) is 4.79 Å². The van der Waals surface area contributed by atoms with Crippen molar-refractivity contribution in [3.05, 3.63) is 23.2 Å². The number of aromatic nitrogens is 5. The maximum absolute atomic E-state index is 12.4. The summed E-state index contributed by atoms with van der Waals surface area (Å²) in [5.74, 6) is 2.52. The molecular formula is C21H29N7O2S. The molecule has 31 heavy (non-hydrogen) atoms. The predicted octanol–water partition coefficient (Wildman–Crippen LogP) is 2.89. The van der Waals surface area contributed by atoms with Crippen molar-refractivity contribution in [1.82, 2.24) is 30.2 Å². The van der Waals surface area contributed by atoms with Crippen molar-refractivity contribution in [3.63, 3.8) is 0 Å². The number of aryl methyl sites for hydroxylation is 2. The summed E-state index contributed by atoms with van der Waals surface area (Å²) in [7, 11) is 0. The van der Waals surface area contributed by atoms with Gasteiger partial charge < -0.3 is 14.7 Å². The number of fused-ring (bicyclic) bond motifs is 1. The van der Waals surface area contributed by atoms with Crippen LogP contribution in [0.5, 0.6) is 0 Å². The molecule has 9 nitrogen and oxygen atoms in total. The monoisotopic (exact) mass is 443 g/mol. The van der Waals surface area contributed by atoms with Crippen molar-refractivity contribution in [3.8, 4) is 0 Å². The fourth-order valence-electron chi connectivity index (χ4n) is 3.90. The fraction of sp³-hybridized carbons (Fsp3) is 0.571. The van der Waals surface area contributed by atoms with E-state index in [2.05, 4.69) is 27.4 Å². The van der Waals surface area contributed by atoms with Crippen molar-refractivity contribution in [2.45, 2.75) is 58.2 Å². The number of amides is 1. The molecule has 0 aliphatic carbocycles. The Balaban J connectivity index is 1.47. The molecule has 0 spiro atoms. The van der Waals surface area contributed by atoms with Crippen molar-refractivity contribution >= 4 is 34.5 Å². The highest BCUT2D eigenvalue weighted by Crippen LogP contribution is 2.29. The molecule has 0 unspecified atom stereocenters. The second kappa shape index (κ2) is 9.67. The number of hydrogen-bond acceptors (Lipinski definition) is 8. The van der Waals surface area contributed by atoms with Crippen LogP contribution in [0, 0.1) is 13.8 Å². The zero-order valence-electron chi connectivity index (χ0n) is 18.3. The molecule has 1 N–H and O–H groups in total. The molecule has 4 heterocycles. The maximum Gasteiger partial charge on any atom is 0.224 e. The van der Waals surface area contributed by atoms with Crippen LogP contribution in [0.4, 0.5) is 5.82 Å². The number of thioether (sulfide) groups is 1. The van der Waals surface area contributed by atoms with Gasteiger partial charge in [0.1, 0.15) is 11.6 Å². The third kappa shape index (κ3) is 4.84. The summed E-state index contributed by atoms with van der Waals surface area (Å²) in [6.07, 6.45) is 5.76. The summed E-state index contributed by atoms with van der Waals surface area (Å²) < 4.78 is 7.00. The van der Waals surface area contributed by atoms with E-state index in [1.54, 1.807) is 11.8 Å². The molecule has 3 aromatic heterocycles. The summed E-state index contributed by atoms with van der Waals surface area (Å²) in [4.78, 5) is 24.3. The Kier molecular flexibility index (Phi) is 6.74. The Morgan fingerprint density at radius 1 is 1.23 bits per heavy atom. The highest BCUT2D eigenvalue weighted by molar-refractivity contribution is 7.99. The lowest BCUT2D eigenvalue weighted by Gasteiger charge is -2.28. The van der Waals surface area contributed by atoms with Gasteiger partial charge in [-0.2, -0.15) is 5.10 Å². The van der Waals surface area contributed by atoms with Crippen LogP contribution in [0.3, 0.4) is 0 Å². The molecule has 4 rings (SSSR count). The number of rotatable bonds is 8. The molecule has 0 saturated carbocycles. The third-order valence-corrected chi connectivity index (χ3v) is 6.28. The second-order valence-electron chi connectivity index (χ2n) is 7.74. The van der Waals surface area contributed by atoms with Gasteiger partial charge in [-0.1, -0.05) is 23.8 Å². The average molecular weight is 444 g/mol. The lowest BCUT2D eigenvalue weighted by molar-refractivity contribution is -0.120. The van der Waals surface area contributed by atoms with Crippen LogP contribution in [0.1, 0.15) is 43.2 Å². The van der Waals surface area contributed by atoms with E-state index < -0.39 is 0 Å². The molecule has 0 aromatic carbocycles. The maximum atomic E-state index is 12.4. The first-order chi connectivity index (χ1) is 15.1. The van der Waals surface area contributed by atoms with Gasteiger partial charge in [0.25, 0.3) is 0 Å². The Morgan fingerprint density at radius 2 is 2.03 bits per heavy atom. The van der Waals surface area contributed by atoms with Crippen molar-refractivity contribution in [1.29, 1.82) is 0 Å². The standard InChI is InChI=1S/C21H29N7O2S/c1-4-31-21-24-19(27-9-6-5-7-10-27)17-13-23-28(20(17)25-21)11-8-22-18(29)12-16-14(2)26-30-15(16)3/h13H,4-12H2,1-3H3,(H,22,29). The van der Waals surface area contributed by atoms with Crippen molar-refractivity contribution < 1.29 is 9.32 Å². The zero-order valence-corrected chi connectivity index (χ0v) is 19.2. The second-order valence-corrected chi connectivity index (χ2v) is 8.98. The van der Waals surface area contributed by atoms with E-state index >= 15 is 0 Å². The van der Waals surface area contributed by atoms with Gasteiger partial charge in [0.2, 0.25) is 5.91 Å². The summed E-state index contributed by atoms with van der Waals surface area (Å²) in [6, 6.07) is 0. The van der Waals surface area contributed by atoms with Crippen LogP contribution in [-0.2, 0) is 17.8 Å². The Morgan fingerprint density at radius 3 is 2.74 bits per heavy atom. The minimum atomic E-state index is -0.0586. The van der Waals surface area contributed by atoms with Crippen LogP contribution in [0.25, 0.3) is 11.0 Å². The first-order valence-electron chi connectivity index (χ1n) is 10.9. The Labute approximate surface area is 186 Å². The first kappa shape index (κ1) is 21.6. The Hall–Kier alpha value is -2.62. The first-order valence-corrected chi connectivity index (χ1v) is 11.8. The van der Waals surface area contributed by atoms with Crippen LogP contribution < -0.4 is 10.2 Å². The van der Waals surface area contributed by atoms with Crippen molar-refractivity contribution in [2.75, 3.05) is 30.3 Å². The topological polar surface area (TPSA) is 102 Å². The molecule has 3 aromatic rings. The highest BCUT2D eigenvalue weighted by atomic mass is 32.2. The van der Waals surface area contributed by atoms with Gasteiger partial charge in [0.15, 0.2) is 10.8 Å². The van der Waals surface area contributed by atoms with Crippen LogP contribution >= 0.6 is 11.8 Å². The number of carbonyl (C=O) groups is 1. The summed E-state index contributed by atoms with van der Waals surface area (Å²) in [5, 5.41) is 13.2. The van der Waals surface area contributed by atoms with Gasteiger partial charge in [-0.25, -0.2) is 14.6 Å². The molecule has 1 amide bonds. The molecule has 166 valence electrons. The number of hydrogen-bond donors (Lipinski definition) is 1. The van der Waals surface area contributed by atoms with E-state index in [9.17, 15) is 4.79 Å². The molecule has 10 heteroatoms. The molecule has 1 aliphatic heterocycles. The normalized spacial score (nSPS) is 14.4. The number of nitrogens with one attached hydrogen (secondary N) is 1. The van der Waals surface area contributed by atoms with E-state index in [4.69, 9.17) is 14.5 Å². The van der Waals surface area contributed by atoms with E-state index in [0.29, 0.717) is 18.8 Å². The summed E-state index contributed by atoms with van der Waals surface area (Å²) >= 11 is 1.64. The van der Waals surface area contributed by atoms with Crippen molar-refractivity contribution in [2.24, 2.45) is 0 Å². The van der Waals surface area contributed by atoms with Crippen LogP contribution in [0.2, 0.25) is 0 Å². The minimum Gasteiger partial charge on any atom is -0.361 e. The quantitative estimate of drug-likeness (QED) is 0.419. The lowest BCUT2D eigenvalue weighted by Crippen LogP contribution is -2.30. The van der Waals surface area contributed by atoms with E-state index in [1.807, 2.05) is 24.7 Å². The Bertz CT molecular complexity index is 1040.